The molecule has 4 saturated heterocycles. The number of ether oxygens (including phenoxy) is 6. The summed E-state index contributed by atoms with van der Waals surface area (Å²) >= 11 is 0. The van der Waals surface area contributed by atoms with Gasteiger partial charge in [-0.15, -0.1) is 0 Å². The van der Waals surface area contributed by atoms with E-state index in [-0.39, 0.29) is 44.8 Å². The summed E-state index contributed by atoms with van der Waals surface area (Å²) in [5.41, 5.74) is -1.48. The Hall–Kier alpha value is -0.400. The Morgan fingerprint density at radius 2 is 0.846 bits per heavy atom. The Kier molecular flexibility index (Phi) is 14.5. The standard InChI is InChI=1S/C42H80N2O8/c1-13-35(9)25-41(33(7)37(11,15-3)43(35)45)49-29-39(17-5,30-50-41)27-47-23-21-19-20-22-24-48-28-40(18-6)31-51-42(52-32-40)26-36(10,14-2)44(46)38(12,16-4)34(42)8/h33-34,45-46H,13-32H2,1-12H3/p+2. The van der Waals surface area contributed by atoms with E-state index in [1.54, 1.807) is 0 Å². The highest BCUT2D eigenvalue weighted by Gasteiger charge is 2.66. The molecule has 4 N–H and O–H groups in total. The second kappa shape index (κ2) is 17.0. The van der Waals surface area contributed by atoms with Crippen molar-refractivity contribution in [2.75, 3.05) is 52.9 Å². The van der Waals surface area contributed by atoms with E-state index >= 15 is 0 Å². The largest absolute Gasteiger partial charge is 0.381 e. The molecule has 4 rings (SSSR count). The molecular weight excluding hydrogens is 660 g/mol. The second-order valence-electron chi connectivity index (χ2n) is 18.6. The lowest BCUT2D eigenvalue weighted by Crippen LogP contribution is -2.73. The van der Waals surface area contributed by atoms with Crippen LogP contribution in [-0.2, 0) is 28.4 Å². The monoisotopic (exact) mass is 743 g/mol. The van der Waals surface area contributed by atoms with Gasteiger partial charge < -0.3 is 38.8 Å². The average molecular weight is 743 g/mol. The van der Waals surface area contributed by atoms with Crippen molar-refractivity contribution in [1.29, 1.82) is 0 Å². The fourth-order valence-electron chi connectivity index (χ4n) is 9.68. The van der Waals surface area contributed by atoms with Crippen molar-refractivity contribution in [3.63, 3.8) is 0 Å². The smallest absolute Gasteiger partial charge is 0.174 e. The van der Waals surface area contributed by atoms with Gasteiger partial charge in [-0.1, -0.05) is 78.4 Å². The molecule has 306 valence electrons. The summed E-state index contributed by atoms with van der Waals surface area (Å²) in [5.74, 6) is -1.14. The first-order valence-corrected chi connectivity index (χ1v) is 21.2. The van der Waals surface area contributed by atoms with Gasteiger partial charge in [0.05, 0.1) is 61.8 Å². The highest BCUT2D eigenvalue weighted by atomic mass is 16.7. The van der Waals surface area contributed by atoms with Gasteiger partial charge in [-0.05, 0) is 79.1 Å². The van der Waals surface area contributed by atoms with E-state index in [2.05, 4.69) is 83.1 Å². The van der Waals surface area contributed by atoms with Crippen molar-refractivity contribution in [3.05, 3.63) is 0 Å². The molecule has 2 spiro atoms. The Morgan fingerprint density at radius 1 is 0.519 bits per heavy atom. The lowest BCUT2D eigenvalue weighted by molar-refractivity contribution is -0.403. The predicted molar refractivity (Wildman–Crippen MR) is 208 cm³/mol. The summed E-state index contributed by atoms with van der Waals surface area (Å²) in [6, 6.07) is 0. The van der Waals surface area contributed by atoms with E-state index in [4.69, 9.17) is 38.8 Å². The third-order valence-electron chi connectivity index (χ3n) is 15.6. The van der Waals surface area contributed by atoms with Gasteiger partial charge in [-0.25, -0.2) is 0 Å². The third kappa shape index (κ3) is 8.05. The minimum absolute atomic E-state index is 0.0855. The molecule has 4 aliphatic rings. The maximum atomic E-state index is 9.03. The number of nitrogens with zero attached hydrogens (tertiary/aromatic N) is 2. The molecule has 4 aliphatic heterocycles. The first-order chi connectivity index (χ1) is 24.4. The Labute approximate surface area is 317 Å². The highest BCUT2D eigenvalue weighted by molar-refractivity contribution is 5.10. The molecule has 6 atom stereocenters. The fourth-order valence-corrected chi connectivity index (χ4v) is 9.68. The molecule has 6 unspecified atom stereocenters. The van der Waals surface area contributed by atoms with E-state index in [1.807, 2.05) is 10.1 Å². The van der Waals surface area contributed by atoms with E-state index in [0.717, 1.165) is 77.4 Å². The second-order valence-corrected chi connectivity index (χ2v) is 18.6. The summed E-state index contributed by atoms with van der Waals surface area (Å²) < 4.78 is 39.6. The van der Waals surface area contributed by atoms with Gasteiger partial charge in [0.25, 0.3) is 0 Å². The van der Waals surface area contributed by atoms with E-state index < -0.39 is 11.6 Å². The summed E-state index contributed by atoms with van der Waals surface area (Å²) in [7, 11) is 0. The van der Waals surface area contributed by atoms with Crippen LogP contribution < -0.4 is 0 Å². The zero-order valence-corrected chi connectivity index (χ0v) is 35.6. The average Bonchev–Trinajstić information content (AvgIpc) is 3.17. The van der Waals surface area contributed by atoms with Crippen LogP contribution >= 0.6 is 0 Å². The minimum Gasteiger partial charge on any atom is -0.381 e. The first-order valence-electron chi connectivity index (χ1n) is 21.2. The SMILES string of the molecule is CCC1(COCCCCCCOCC2(CC)COC3(CC(C)(CC)N([OH2+])C(C)(CC)C3C)OC2)COC2(CC(C)(CC)N([OH2+])C(C)(CC)C2C)OC1. The van der Waals surface area contributed by atoms with Gasteiger partial charge >= 0.3 is 0 Å². The molecule has 0 bridgehead atoms. The van der Waals surface area contributed by atoms with Crippen LogP contribution in [0.2, 0.25) is 0 Å². The van der Waals surface area contributed by atoms with Crippen molar-refractivity contribution in [2.45, 2.75) is 194 Å². The van der Waals surface area contributed by atoms with Crippen molar-refractivity contribution < 1.29 is 38.8 Å². The normalized spacial score (nSPS) is 44.9. The van der Waals surface area contributed by atoms with Crippen molar-refractivity contribution in [2.24, 2.45) is 22.7 Å². The summed E-state index contributed by atoms with van der Waals surface area (Å²) in [4.78, 5) is 0. The quantitative estimate of drug-likeness (QED) is 0.111. The zero-order valence-electron chi connectivity index (χ0n) is 35.6. The predicted octanol–water partition coefficient (Wildman–Crippen LogP) is 7.50. The van der Waals surface area contributed by atoms with Crippen LogP contribution in [0.25, 0.3) is 0 Å². The van der Waals surface area contributed by atoms with Crippen LogP contribution in [0.15, 0.2) is 0 Å². The molecule has 0 aromatic heterocycles. The van der Waals surface area contributed by atoms with Gasteiger partial charge in [0.15, 0.2) is 11.6 Å². The number of hydroxylamine groups is 4. The van der Waals surface area contributed by atoms with Gasteiger partial charge in [0.2, 0.25) is 0 Å². The lowest BCUT2D eigenvalue weighted by atomic mass is 9.67. The van der Waals surface area contributed by atoms with Crippen molar-refractivity contribution in [3.8, 4) is 0 Å². The number of unbranched alkanes of at least 4 members (excludes halogenated alkanes) is 3. The molecule has 0 aromatic rings. The van der Waals surface area contributed by atoms with Crippen molar-refractivity contribution >= 4 is 0 Å². The third-order valence-corrected chi connectivity index (χ3v) is 15.6. The summed E-state index contributed by atoms with van der Waals surface area (Å²) in [5, 5.41) is 21.8. The molecule has 52 heavy (non-hydrogen) atoms. The summed E-state index contributed by atoms with van der Waals surface area (Å²) in [6.07, 6.45) is 11.2. The molecule has 0 aromatic carbocycles. The molecule has 0 radical (unpaired) electrons. The minimum atomic E-state index is -0.656. The Bertz CT molecular complexity index is 1040. The maximum absolute atomic E-state index is 9.03. The van der Waals surface area contributed by atoms with Crippen LogP contribution in [0.5, 0.6) is 0 Å². The van der Waals surface area contributed by atoms with Gasteiger partial charge in [0.1, 0.15) is 0 Å². The fraction of sp³-hybridized carbons (Fsp3) is 1.00. The van der Waals surface area contributed by atoms with Gasteiger partial charge in [0, 0.05) is 48.7 Å². The molecular formula is C42H82N2O8+2. The number of hydrogen-bond acceptors (Lipinski definition) is 8. The van der Waals surface area contributed by atoms with Crippen LogP contribution in [0, 0.1) is 22.7 Å². The van der Waals surface area contributed by atoms with E-state index in [1.165, 1.54) is 0 Å². The van der Waals surface area contributed by atoms with E-state index in [9.17, 15) is 0 Å². The molecule has 4 heterocycles. The summed E-state index contributed by atoms with van der Waals surface area (Å²) in [6.45, 7) is 31.7. The zero-order chi connectivity index (χ0) is 38.7. The van der Waals surface area contributed by atoms with Crippen LogP contribution in [0.3, 0.4) is 0 Å². The number of piperidine rings is 2. The van der Waals surface area contributed by atoms with Crippen LogP contribution in [-0.4, -0.2) is 107 Å². The van der Waals surface area contributed by atoms with Gasteiger partial charge in [-0.3, -0.25) is 0 Å². The molecule has 10 heteroatoms. The topological polar surface area (TPSA) is 108 Å². The number of rotatable bonds is 17. The van der Waals surface area contributed by atoms with Crippen molar-refractivity contribution in [1.82, 2.24) is 10.1 Å². The van der Waals surface area contributed by atoms with Gasteiger partial charge in [-0.2, -0.15) is 0 Å². The molecule has 10 nitrogen and oxygen atoms in total. The van der Waals surface area contributed by atoms with E-state index in [0.29, 0.717) is 52.5 Å². The highest BCUT2D eigenvalue weighted by Crippen LogP contribution is 2.55. The molecule has 0 saturated carbocycles. The molecule has 0 amide bonds. The van der Waals surface area contributed by atoms with Crippen LogP contribution in [0.1, 0.15) is 160 Å². The maximum Gasteiger partial charge on any atom is 0.174 e. The lowest BCUT2D eigenvalue weighted by Gasteiger charge is -2.61. The number of hydrogen-bond donors (Lipinski definition) is 0. The molecule has 4 fully saturated rings. The first kappa shape index (κ1) is 44.3. The Morgan fingerprint density at radius 3 is 1.12 bits per heavy atom. The van der Waals surface area contributed by atoms with Crippen LogP contribution in [0.4, 0.5) is 0 Å². The Balaban J connectivity index is 1.15. The molecule has 0 aliphatic carbocycles.